The van der Waals surface area contributed by atoms with Gasteiger partial charge in [-0.05, 0) is 12.8 Å². The molecule has 2 rings (SSSR count). The molecule has 0 radical (unpaired) electrons. The molecule has 5 nitrogen and oxygen atoms in total. The number of rotatable bonds is 5. The summed E-state index contributed by atoms with van der Waals surface area (Å²) in [5.41, 5.74) is 0. The minimum absolute atomic E-state index is 0.163. The van der Waals surface area contributed by atoms with E-state index in [9.17, 15) is 4.79 Å². The number of aromatic nitrogens is 3. The molecule has 0 saturated heterocycles. The van der Waals surface area contributed by atoms with Gasteiger partial charge in [0, 0.05) is 18.7 Å². The molecule has 15 heavy (non-hydrogen) atoms. The third-order valence-electron chi connectivity index (χ3n) is 2.36. The molecule has 0 unspecified atom stereocenters. The molecular weight excluding hydrogens is 214 g/mol. The van der Waals surface area contributed by atoms with Crippen molar-refractivity contribution in [3.8, 4) is 0 Å². The second kappa shape index (κ2) is 4.22. The van der Waals surface area contributed by atoms with Gasteiger partial charge in [0.2, 0.25) is 0 Å². The van der Waals surface area contributed by atoms with Crippen molar-refractivity contribution >= 4 is 17.7 Å². The van der Waals surface area contributed by atoms with Crippen LogP contribution in [-0.2, 0) is 11.8 Å². The first-order valence-electron chi connectivity index (χ1n) is 4.92. The van der Waals surface area contributed by atoms with Gasteiger partial charge < -0.3 is 9.67 Å². The molecular formula is C9H13N3O2S. The molecule has 1 aliphatic carbocycles. The Morgan fingerprint density at radius 2 is 2.33 bits per heavy atom. The van der Waals surface area contributed by atoms with Crippen LogP contribution < -0.4 is 0 Å². The monoisotopic (exact) mass is 227 g/mol. The fourth-order valence-corrected chi connectivity index (χ4v) is 2.22. The maximum absolute atomic E-state index is 10.3. The molecule has 1 heterocycles. The van der Waals surface area contributed by atoms with Crippen LogP contribution in [0.4, 0.5) is 0 Å². The minimum atomic E-state index is -0.771. The second-order valence-electron chi connectivity index (χ2n) is 3.67. The first-order valence-corrected chi connectivity index (χ1v) is 5.91. The van der Waals surface area contributed by atoms with Crippen molar-refractivity contribution in [1.82, 2.24) is 14.8 Å². The van der Waals surface area contributed by atoms with Gasteiger partial charge >= 0.3 is 5.97 Å². The van der Waals surface area contributed by atoms with E-state index < -0.39 is 5.97 Å². The summed E-state index contributed by atoms with van der Waals surface area (Å²) >= 11 is 1.45. The van der Waals surface area contributed by atoms with Crippen LogP contribution in [0.15, 0.2) is 5.16 Å². The molecule has 0 spiro atoms. The third kappa shape index (κ3) is 2.50. The number of carboxylic acid groups (broad SMARTS) is 1. The highest BCUT2D eigenvalue weighted by Crippen LogP contribution is 2.39. The second-order valence-corrected chi connectivity index (χ2v) is 4.73. The molecule has 0 atom stereocenters. The van der Waals surface area contributed by atoms with Crippen LogP contribution >= 0.6 is 11.8 Å². The topological polar surface area (TPSA) is 68.0 Å². The predicted molar refractivity (Wildman–Crippen MR) is 56.0 cm³/mol. The van der Waals surface area contributed by atoms with Crippen LogP contribution in [0.25, 0.3) is 0 Å². The Morgan fingerprint density at radius 3 is 2.93 bits per heavy atom. The highest BCUT2D eigenvalue weighted by molar-refractivity contribution is 7.99. The number of carbonyl (C=O) groups is 1. The number of nitrogens with zero attached hydrogens (tertiary/aromatic N) is 3. The van der Waals surface area contributed by atoms with Gasteiger partial charge in [0.05, 0.1) is 6.42 Å². The van der Waals surface area contributed by atoms with E-state index in [2.05, 4.69) is 10.2 Å². The minimum Gasteiger partial charge on any atom is -0.481 e. The summed E-state index contributed by atoms with van der Waals surface area (Å²) in [5, 5.41) is 17.5. The van der Waals surface area contributed by atoms with Crippen LogP contribution in [0, 0.1) is 0 Å². The number of hydrogen-bond donors (Lipinski definition) is 1. The number of thioether (sulfide) groups is 1. The van der Waals surface area contributed by atoms with E-state index in [0.717, 1.165) is 11.0 Å². The highest BCUT2D eigenvalue weighted by Gasteiger charge is 2.29. The number of hydrogen-bond acceptors (Lipinski definition) is 4. The van der Waals surface area contributed by atoms with Crippen molar-refractivity contribution in [3.05, 3.63) is 5.82 Å². The van der Waals surface area contributed by atoms with E-state index >= 15 is 0 Å². The van der Waals surface area contributed by atoms with Crippen LogP contribution in [0.1, 0.15) is 31.0 Å². The van der Waals surface area contributed by atoms with Crippen LogP contribution in [0.3, 0.4) is 0 Å². The lowest BCUT2D eigenvalue weighted by Crippen LogP contribution is -1.99. The molecule has 0 amide bonds. The molecule has 6 heteroatoms. The van der Waals surface area contributed by atoms with E-state index in [1.165, 1.54) is 24.6 Å². The zero-order valence-electron chi connectivity index (χ0n) is 8.51. The zero-order chi connectivity index (χ0) is 10.8. The van der Waals surface area contributed by atoms with Gasteiger partial charge in [-0.25, -0.2) is 0 Å². The van der Waals surface area contributed by atoms with Gasteiger partial charge in [0.25, 0.3) is 0 Å². The SMILES string of the molecule is Cn1c(SCCC(=O)O)nnc1C1CC1. The summed E-state index contributed by atoms with van der Waals surface area (Å²) in [6.07, 6.45) is 2.56. The van der Waals surface area contributed by atoms with Crippen LogP contribution in [0.5, 0.6) is 0 Å². The molecule has 0 bridgehead atoms. The van der Waals surface area contributed by atoms with Gasteiger partial charge in [-0.3, -0.25) is 4.79 Å². The summed E-state index contributed by atoms with van der Waals surface area (Å²) in [6.45, 7) is 0. The normalized spacial score (nSPS) is 15.5. The van der Waals surface area contributed by atoms with Crippen molar-refractivity contribution in [1.29, 1.82) is 0 Å². The summed E-state index contributed by atoms with van der Waals surface area (Å²) in [6, 6.07) is 0. The average molecular weight is 227 g/mol. The van der Waals surface area contributed by atoms with Crippen LogP contribution in [-0.4, -0.2) is 31.6 Å². The highest BCUT2D eigenvalue weighted by atomic mass is 32.2. The first-order chi connectivity index (χ1) is 7.18. The maximum atomic E-state index is 10.3. The molecule has 0 aromatic carbocycles. The summed E-state index contributed by atoms with van der Waals surface area (Å²) in [4.78, 5) is 10.3. The van der Waals surface area contributed by atoms with Crippen molar-refractivity contribution in [2.24, 2.45) is 7.05 Å². The van der Waals surface area contributed by atoms with Gasteiger partial charge in [0.15, 0.2) is 5.16 Å². The van der Waals surface area contributed by atoms with Crippen LogP contribution in [0.2, 0.25) is 0 Å². The Bertz CT molecular complexity index is 373. The summed E-state index contributed by atoms with van der Waals surface area (Å²) in [7, 11) is 1.94. The summed E-state index contributed by atoms with van der Waals surface area (Å²) < 4.78 is 1.98. The van der Waals surface area contributed by atoms with E-state index in [4.69, 9.17) is 5.11 Å². The Kier molecular flexibility index (Phi) is 2.95. The molecule has 82 valence electrons. The lowest BCUT2D eigenvalue weighted by Gasteiger charge is -2.01. The Labute approximate surface area is 91.9 Å². The molecule has 0 aliphatic heterocycles. The van der Waals surface area contributed by atoms with Gasteiger partial charge in [-0.2, -0.15) is 0 Å². The lowest BCUT2D eigenvalue weighted by molar-refractivity contribution is -0.136. The molecule has 1 fully saturated rings. The lowest BCUT2D eigenvalue weighted by atomic mass is 10.4. The Balaban J connectivity index is 1.93. The van der Waals surface area contributed by atoms with E-state index in [1.807, 2.05) is 11.6 Å². The van der Waals surface area contributed by atoms with Gasteiger partial charge in [-0.15, -0.1) is 10.2 Å². The fourth-order valence-electron chi connectivity index (χ4n) is 1.38. The third-order valence-corrected chi connectivity index (χ3v) is 3.38. The number of carboxylic acids is 1. The van der Waals surface area contributed by atoms with Crippen molar-refractivity contribution in [2.45, 2.75) is 30.3 Å². The quantitative estimate of drug-likeness (QED) is 0.767. The molecule has 1 aromatic heterocycles. The van der Waals surface area contributed by atoms with Gasteiger partial charge in [0.1, 0.15) is 5.82 Å². The molecule has 1 aliphatic rings. The fraction of sp³-hybridized carbons (Fsp3) is 0.667. The first kappa shape index (κ1) is 10.5. The largest absolute Gasteiger partial charge is 0.481 e. The Hall–Kier alpha value is -1.04. The predicted octanol–water partition coefficient (Wildman–Crippen LogP) is 1.26. The number of aliphatic carboxylic acids is 1. The van der Waals surface area contributed by atoms with Crippen molar-refractivity contribution in [2.75, 3.05) is 5.75 Å². The molecule has 1 aromatic rings. The molecule has 1 N–H and O–H groups in total. The standard InChI is InChI=1S/C9H13N3O2S/c1-12-8(6-2-3-6)10-11-9(12)15-5-4-7(13)14/h6H,2-5H2,1H3,(H,13,14). The smallest absolute Gasteiger partial charge is 0.304 e. The van der Waals surface area contributed by atoms with Crippen molar-refractivity contribution < 1.29 is 9.90 Å². The zero-order valence-corrected chi connectivity index (χ0v) is 9.33. The molecule has 1 saturated carbocycles. The van der Waals surface area contributed by atoms with E-state index in [0.29, 0.717) is 11.7 Å². The summed E-state index contributed by atoms with van der Waals surface area (Å²) in [5.74, 6) is 1.39. The maximum Gasteiger partial charge on any atom is 0.304 e. The average Bonchev–Trinajstić information content (AvgIpc) is 2.94. The van der Waals surface area contributed by atoms with Crippen molar-refractivity contribution in [3.63, 3.8) is 0 Å². The van der Waals surface area contributed by atoms with E-state index in [-0.39, 0.29) is 6.42 Å². The Morgan fingerprint density at radius 1 is 1.60 bits per heavy atom. The van der Waals surface area contributed by atoms with E-state index in [1.54, 1.807) is 0 Å². The van der Waals surface area contributed by atoms with Gasteiger partial charge in [-0.1, -0.05) is 11.8 Å².